The van der Waals surface area contributed by atoms with Crippen molar-refractivity contribution in [3.05, 3.63) is 24.3 Å². The number of carbonyl (C=O) groups excluding carboxylic acids is 1. The Bertz CT molecular complexity index is 453. The molecule has 0 aliphatic carbocycles. The van der Waals surface area contributed by atoms with Crippen molar-refractivity contribution in [1.82, 2.24) is 4.90 Å². The van der Waals surface area contributed by atoms with Crippen molar-refractivity contribution < 1.29 is 4.79 Å². The first-order chi connectivity index (χ1) is 9.54. The maximum absolute atomic E-state index is 10.9. The third kappa shape index (κ3) is 4.13. The summed E-state index contributed by atoms with van der Waals surface area (Å²) in [5.41, 5.74) is 6.88. The van der Waals surface area contributed by atoms with E-state index in [0.29, 0.717) is 12.1 Å². The SMILES string of the molecule is CC(C)N1CCC(Nc2cccc(NC(N)=O)c2)CC1. The Morgan fingerprint density at radius 1 is 1.30 bits per heavy atom. The van der Waals surface area contributed by atoms with E-state index in [-0.39, 0.29) is 0 Å². The summed E-state index contributed by atoms with van der Waals surface area (Å²) in [6, 6.07) is 8.26. The molecule has 1 aliphatic heterocycles. The van der Waals surface area contributed by atoms with Crippen LogP contribution in [0.15, 0.2) is 24.3 Å². The lowest BCUT2D eigenvalue weighted by Gasteiger charge is -2.35. The molecule has 4 N–H and O–H groups in total. The van der Waals surface area contributed by atoms with Gasteiger partial charge in [0.25, 0.3) is 0 Å². The highest BCUT2D eigenvalue weighted by Crippen LogP contribution is 2.20. The Kier molecular flexibility index (Phi) is 4.84. The van der Waals surface area contributed by atoms with Crippen molar-refractivity contribution in [3.8, 4) is 0 Å². The number of hydrogen-bond donors (Lipinski definition) is 3. The molecular weight excluding hydrogens is 252 g/mol. The molecule has 0 bridgehead atoms. The second-order valence-electron chi connectivity index (χ2n) is 5.62. The average Bonchev–Trinajstić information content (AvgIpc) is 2.39. The lowest BCUT2D eigenvalue weighted by atomic mass is 10.0. The fourth-order valence-corrected chi connectivity index (χ4v) is 2.62. The maximum Gasteiger partial charge on any atom is 0.316 e. The number of carbonyl (C=O) groups is 1. The van der Waals surface area contributed by atoms with Crippen LogP contribution in [0.1, 0.15) is 26.7 Å². The summed E-state index contributed by atoms with van der Waals surface area (Å²) in [6.07, 6.45) is 2.29. The fourth-order valence-electron chi connectivity index (χ4n) is 2.62. The molecule has 5 nitrogen and oxygen atoms in total. The van der Waals surface area contributed by atoms with Gasteiger partial charge in [-0.2, -0.15) is 0 Å². The van der Waals surface area contributed by atoms with Gasteiger partial charge in [-0.25, -0.2) is 4.79 Å². The standard InChI is InChI=1S/C15H24N4O/c1-11(2)19-8-6-12(7-9-19)17-13-4-3-5-14(10-13)18-15(16)20/h3-5,10-12,17H,6-9H2,1-2H3,(H3,16,18,20). The van der Waals surface area contributed by atoms with Crippen LogP contribution in [0, 0.1) is 0 Å². The molecule has 0 aromatic heterocycles. The topological polar surface area (TPSA) is 70.4 Å². The molecule has 1 aliphatic rings. The van der Waals surface area contributed by atoms with E-state index in [0.717, 1.165) is 37.3 Å². The first-order valence-electron chi connectivity index (χ1n) is 7.21. The van der Waals surface area contributed by atoms with Crippen LogP contribution in [0.25, 0.3) is 0 Å². The number of nitrogens with two attached hydrogens (primary N) is 1. The summed E-state index contributed by atoms with van der Waals surface area (Å²) in [5, 5.41) is 6.13. The minimum Gasteiger partial charge on any atom is -0.382 e. The lowest BCUT2D eigenvalue weighted by molar-refractivity contribution is 0.177. The van der Waals surface area contributed by atoms with E-state index < -0.39 is 6.03 Å². The van der Waals surface area contributed by atoms with Gasteiger partial charge in [0.1, 0.15) is 0 Å². The molecule has 110 valence electrons. The van der Waals surface area contributed by atoms with Crippen LogP contribution in [0.5, 0.6) is 0 Å². The normalized spacial score (nSPS) is 17.1. The Balaban J connectivity index is 1.89. The molecule has 20 heavy (non-hydrogen) atoms. The van der Waals surface area contributed by atoms with Crippen LogP contribution in [0.3, 0.4) is 0 Å². The Labute approximate surface area is 120 Å². The second kappa shape index (κ2) is 6.61. The van der Waals surface area contributed by atoms with Crippen LogP contribution in [-0.4, -0.2) is 36.1 Å². The molecule has 5 heteroatoms. The Morgan fingerprint density at radius 3 is 2.55 bits per heavy atom. The lowest BCUT2D eigenvalue weighted by Crippen LogP contribution is -2.42. The molecule has 1 heterocycles. The molecule has 0 radical (unpaired) electrons. The second-order valence-corrected chi connectivity index (χ2v) is 5.62. The fraction of sp³-hybridized carbons (Fsp3) is 0.533. The molecule has 0 unspecified atom stereocenters. The number of rotatable bonds is 4. The number of nitrogens with zero attached hydrogens (tertiary/aromatic N) is 1. The van der Waals surface area contributed by atoms with Gasteiger partial charge < -0.3 is 21.3 Å². The van der Waals surface area contributed by atoms with E-state index in [4.69, 9.17) is 5.73 Å². The zero-order chi connectivity index (χ0) is 14.5. The minimum atomic E-state index is -0.535. The average molecular weight is 276 g/mol. The Morgan fingerprint density at radius 2 is 1.95 bits per heavy atom. The van der Waals surface area contributed by atoms with E-state index in [1.54, 1.807) is 0 Å². The van der Waals surface area contributed by atoms with Crippen molar-refractivity contribution in [3.63, 3.8) is 0 Å². The van der Waals surface area contributed by atoms with Gasteiger partial charge >= 0.3 is 6.03 Å². The van der Waals surface area contributed by atoms with Crippen LogP contribution in [-0.2, 0) is 0 Å². The number of anilines is 2. The van der Waals surface area contributed by atoms with Crippen LogP contribution < -0.4 is 16.4 Å². The number of amides is 2. The first-order valence-corrected chi connectivity index (χ1v) is 7.21. The van der Waals surface area contributed by atoms with Gasteiger partial charge in [0, 0.05) is 36.5 Å². The zero-order valence-electron chi connectivity index (χ0n) is 12.2. The minimum absolute atomic E-state index is 0.494. The molecule has 0 saturated carbocycles. The van der Waals surface area contributed by atoms with E-state index in [9.17, 15) is 4.79 Å². The quantitative estimate of drug-likeness (QED) is 0.791. The number of nitrogens with one attached hydrogen (secondary N) is 2. The summed E-state index contributed by atoms with van der Waals surface area (Å²) < 4.78 is 0. The third-order valence-electron chi connectivity index (χ3n) is 3.76. The summed E-state index contributed by atoms with van der Waals surface area (Å²) >= 11 is 0. The predicted molar refractivity (Wildman–Crippen MR) is 83.0 cm³/mol. The number of piperidine rings is 1. The number of benzene rings is 1. The van der Waals surface area contributed by atoms with Crippen molar-refractivity contribution >= 4 is 17.4 Å². The van der Waals surface area contributed by atoms with Gasteiger partial charge in [-0.3, -0.25) is 0 Å². The number of likely N-dealkylation sites (tertiary alicyclic amines) is 1. The largest absolute Gasteiger partial charge is 0.382 e. The molecule has 0 atom stereocenters. The molecule has 1 saturated heterocycles. The van der Waals surface area contributed by atoms with Crippen molar-refractivity contribution in [2.45, 2.75) is 38.8 Å². The highest BCUT2D eigenvalue weighted by atomic mass is 16.2. The number of primary amides is 1. The van der Waals surface area contributed by atoms with Gasteiger partial charge in [-0.1, -0.05) is 6.07 Å². The maximum atomic E-state index is 10.9. The summed E-state index contributed by atoms with van der Waals surface area (Å²) in [4.78, 5) is 13.4. The number of hydrogen-bond acceptors (Lipinski definition) is 3. The van der Waals surface area contributed by atoms with E-state index >= 15 is 0 Å². The highest BCUT2D eigenvalue weighted by molar-refractivity contribution is 5.88. The highest BCUT2D eigenvalue weighted by Gasteiger charge is 2.20. The van der Waals surface area contributed by atoms with E-state index in [1.807, 2.05) is 24.3 Å². The molecule has 2 amide bonds. The smallest absolute Gasteiger partial charge is 0.316 e. The van der Waals surface area contributed by atoms with E-state index in [1.165, 1.54) is 0 Å². The van der Waals surface area contributed by atoms with Crippen molar-refractivity contribution in [1.29, 1.82) is 0 Å². The molecule has 1 aromatic carbocycles. The van der Waals surface area contributed by atoms with Gasteiger partial charge in [-0.15, -0.1) is 0 Å². The summed E-state index contributed by atoms with van der Waals surface area (Å²) in [6.45, 7) is 6.75. The third-order valence-corrected chi connectivity index (χ3v) is 3.76. The molecule has 2 rings (SSSR count). The van der Waals surface area contributed by atoms with Gasteiger partial charge in [0.05, 0.1) is 0 Å². The van der Waals surface area contributed by atoms with Crippen LogP contribution >= 0.6 is 0 Å². The van der Waals surface area contributed by atoms with Crippen LogP contribution in [0.4, 0.5) is 16.2 Å². The van der Waals surface area contributed by atoms with Gasteiger partial charge in [0.15, 0.2) is 0 Å². The Hall–Kier alpha value is -1.75. The van der Waals surface area contributed by atoms with Gasteiger partial charge in [0.2, 0.25) is 0 Å². The molecule has 1 fully saturated rings. The van der Waals surface area contributed by atoms with Crippen molar-refractivity contribution in [2.24, 2.45) is 5.73 Å². The van der Waals surface area contributed by atoms with E-state index in [2.05, 4.69) is 29.4 Å². The van der Waals surface area contributed by atoms with Gasteiger partial charge in [-0.05, 0) is 44.9 Å². The predicted octanol–water partition coefficient (Wildman–Crippen LogP) is 2.46. The molecule has 1 aromatic rings. The molecular formula is C15H24N4O. The summed E-state index contributed by atoms with van der Waals surface area (Å²) in [7, 11) is 0. The van der Waals surface area contributed by atoms with Crippen LogP contribution in [0.2, 0.25) is 0 Å². The van der Waals surface area contributed by atoms with Crippen molar-refractivity contribution in [2.75, 3.05) is 23.7 Å². The zero-order valence-corrected chi connectivity index (χ0v) is 12.2. The summed E-state index contributed by atoms with van der Waals surface area (Å²) in [5.74, 6) is 0. The first kappa shape index (κ1) is 14.7. The monoisotopic (exact) mass is 276 g/mol. The number of urea groups is 1. The molecule has 0 spiro atoms.